The van der Waals surface area contributed by atoms with E-state index in [0.717, 1.165) is 5.56 Å². The van der Waals surface area contributed by atoms with Crippen molar-refractivity contribution < 1.29 is 23.9 Å². The van der Waals surface area contributed by atoms with Gasteiger partial charge in [0.2, 0.25) is 5.91 Å². The van der Waals surface area contributed by atoms with Crippen LogP contribution >= 0.6 is 23.1 Å². The van der Waals surface area contributed by atoms with Crippen LogP contribution in [0.1, 0.15) is 17.3 Å². The summed E-state index contributed by atoms with van der Waals surface area (Å²) in [4.78, 5) is 36.8. The van der Waals surface area contributed by atoms with Crippen molar-refractivity contribution in [3.8, 4) is 16.9 Å². The molecule has 0 aliphatic carbocycles. The molecule has 3 aromatic rings. The highest BCUT2D eigenvalue weighted by Crippen LogP contribution is 2.36. The number of thiophene rings is 1. The second-order valence-corrected chi connectivity index (χ2v) is 8.53. The maximum absolute atomic E-state index is 12.6. The summed E-state index contributed by atoms with van der Waals surface area (Å²) in [6.45, 7) is 1.73. The molecule has 172 valence electrons. The van der Waals surface area contributed by atoms with Crippen molar-refractivity contribution in [3.63, 3.8) is 0 Å². The van der Waals surface area contributed by atoms with E-state index in [9.17, 15) is 14.4 Å². The van der Waals surface area contributed by atoms with Crippen molar-refractivity contribution in [2.24, 2.45) is 0 Å². The molecule has 0 saturated carbocycles. The number of amides is 2. The van der Waals surface area contributed by atoms with Crippen LogP contribution in [0, 0.1) is 0 Å². The lowest BCUT2D eigenvalue weighted by Crippen LogP contribution is -2.21. The minimum atomic E-state index is -0.493. The van der Waals surface area contributed by atoms with Gasteiger partial charge in [0.1, 0.15) is 16.3 Å². The van der Waals surface area contributed by atoms with E-state index in [4.69, 9.17) is 9.47 Å². The number of hydrogen-bond acceptors (Lipinski definition) is 7. The zero-order chi connectivity index (χ0) is 23.6. The van der Waals surface area contributed by atoms with Gasteiger partial charge >= 0.3 is 5.97 Å². The van der Waals surface area contributed by atoms with E-state index in [-0.39, 0.29) is 19.1 Å². The minimum Gasteiger partial charge on any atom is -0.484 e. The van der Waals surface area contributed by atoms with Crippen LogP contribution in [-0.2, 0) is 14.3 Å². The zero-order valence-corrected chi connectivity index (χ0v) is 19.9. The summed E-state index contributed by atoms with van der Waals surface area (Å²) in [7, 11) is 0. The minimum absolute atomic E-state index is 0.0845. The van der Waals surface area contributed by atoms with Crippen LogP contribution in [0.25, 0.3) is 11.1 Å². The SMILES string of the molecule is CCOC(=O)c1c(-c2ccccc2)csc1NC(=O)COc1ccc(NC(=O)CSC)cc1. The first-order valence-electron chi connectivity index (χ1n) is 10.2. The Labute approximate surface area is 200 Å². The Morgan fingerprint density at radius 1 is 0.970 bits per heavy atom. The monoisotopic (exact) mass is 484 g/mol. The third kappa shape index (κ3) is 6.84. The summed E-state index contributed by atoms with van der Waals surface area (Å²) >= 11 is 2.70. The van der Waals surface area contributed by atoms with E-state index < -0.39 is 11.9 Å². The van der Waals surface area contributed by atoms with Gasteiger partial charge in [-0.05, 0) is 43.0 Å². The molecule has 0 unspecified atom stereocenters. The molecular weight excluding hydrogens is 460 g/mol. The first-order chi connectivity index (χ1) is 16.0. The van der Waals surface area contributed by atoms with E-state index in [2.05, 4.69) is 10.6 Å². The van der Waals surface area contributed by atoms with Crippen LogP contribution in [0.2, 0.25) is 0 Å². The Hall–Kier alpha value is -3.30. The van der Waals surface area contributed by atoms with Gasteiger partial charge in [0.05, 0.1) is 12.4 Å². The molecule has 2 N–H and O–H groups in total. The predicted octanol–water partition coefficient (Wildman–Crippen LogP) is 4.91. The second kappa shape index (κ2) is 12.1. The molecule has 0 spiro atoms. The van der Waals surface area contributed by atoms with E-state index in [1.165, 1.54) is 23.1 Å². The van der Waals surface area contributed by atoms with Crippen molar-refractivity contribution in [1.29, 1.82) is 0 Å². The van der Waals surface area contributed by atoms with Gasteiger partial charge in [0.25, 0.3) is 5.91 Å². The van der Waals surface area contributed by atoms with Crippen LogP contribution in [0.3, 0.4) is 0 Å². The number of anilines is 2. The first-order valence-corrected chi connectivity index (χ1v) is 12.4. The maximum Gasteiger partial charge on any atom is 0.341 e. The van der Waals surface area contributed by atoms with Gasteiger partial charge in [0.15, 0.2) is 6.61 Å². The van der Waals surface area contributed by atoms with Gasteiger partial charge in [-0.15, -0.1) is 11.3 Å². The standard InChI is InChI=1S/C24H24N2O5S2/c1-3-30-24(29)22-19(16-7-5-4-6-8-16)14-33-23(22)26-20(27)13-31-18-11-9-17(10-12-18)25-21(28)15-32-2/h4-12,14H,3,13,15H2,1-2H3,(H,25,28)(H,26,27). The van der Waals surface area contributed by atoms with Crippen LogP contribution in [0.5, 0.6) is 5.75 Å². The molecule has 0 atom stereocenters. The Morgan fingerprint density at radius 3 is 2.36 bits per heavy atom. The topological polar surface area (TPSA) is 93.7 Å². The highest BCUT2D eigenvalue weighted by molar-refractivity contribution is 7.99. The summed E-state index contributed by atoms with van der Waals surface area (Å²) in [6.07, 6.45) is 1.86. The fraction of sp³-hybridized carbons (Fsp3) is 0.208. The molecule has 2 amide bonds. The molecule has 1 aromatic heterocycles. The van der Waals surface area contributed by atoms with Crippen LogP contribution in [-0.4, -0.2) is 43.0 Å². The van der Waals surface area contributed by atoms with Crippen molar-refractivity contribution in [2.75, 3.05) is 35.9 Å². The molecule has 1 heterocycles. The highest BCUT2D eigenvalue weighted by atomic mass is 32.2. The number of carbonyl (C=O) groups is 3. The summed E-state index contributed by atoms with van der Waals surface area (Å²) in [5, 5.41) is 7.76. The highest BCUT2D eigenvalue weighted by Gasteiger charge is 2.22. The summed E-state index contributed by atoms with van der Waals surface area (Å²) < 4.78 is 10.8. The Kier molecular flexibility index (Phi) is 8.91. The molecule has 3 rings (SSSR count). The van der Waals surface area contributed by atoms with Crippen LogP contribution in [0.4, 0.5) is 10.7 Å². The number of esters is 1. The van der Waals surface area contributed by atoms with E-state index in [1.807, 2.05) is 42.0 Å². The molecule has 0 radical (unpaired) electrons. The van der Waals surface area contributed by atoms with Gasteiger partial charge in [-0.3, -0.25) is 9.59 Å². The second-order valence-electron chi connectivity index (χ2n) is 6.78. The lowest BCUT2D eigenvalue weighted by Gasteiger charge is -2.10. The smallest absolute Gasteiger partial charge is 0.341 e. The van der Waals surface area contributed by atoms with E-state index >= 15 is 0 Å². The molecule has 0 aliphatic heterocycles. The Balaban J connectivity index is 1.65. The first kappa shape index (κ1) is 24.3. The van der Waals surface area contributed by atoms with Crippen molar-refractivity contribution in [2.45, 2.75) is 6.92 Å². The average molecular weight is 485 g/mol. The normalized spacial score (nSPS) is 10.4. The lowest BCUT2D eigenvalue weighted by atomic mass is 10.0. The summed E-state index contributed by atoms with van der Waals surface area (Å²) in [5.41, 5.74) is 2.54. The number of thioether (sulfide) groups is 1. The fourth-order valence-electron chi connectivity index (χ4n) is 2.96. The molecule has 0 fully saturated rings. The van der Waals surface area contributed by atoms with Gasteiger partial charge in [-0.1, -0.05) is 30.3 Å². The zero-order valence-electron chi connectivity index (χ0n) is 18.3. The Bertz CT molecular complexity index is 1100. The average Bonchev–Trinajstić information content (AvgIpc) is 3.23. The molecule has 33 heavy (non-hydrogen) atoms. The van der Waals surface area contributed by atoms with Gasteiger partial charge in [0, 0.05) is 16.6 Å². The number of benzene rings is 2. The van der Waals surface area contributed by atoms with Gasteiger partial charge in [-0.2, -0.15) is 11.8 Å². The molecule has 2 aromatic carbocycles. The number of rotatable bonds is 10. The number of ether oxygens (including phenoxy) is 2. The Morgan fingerprint density at radius 2 is 1.70 bits per heavy atom. The molecule has 0 aliphatic rings. The van der Waals surface area contributed by atoms with Crippen LogP contribution < -0.4 is 15.4 Å². The molecule has 0 saturated heterocycles. The van der Waals surface area contributed by atoms with Crippen molar-refractivity contribution in [1.82, 2.24) is 0 Å². The predicted molar refractivity (Wildman–Crippen MR) is 133 cm³/mol. The third-order valence-electron chi connectivity index (χ3n) is 4.39. The molecule has 9 heteroatoms. The maximum atomic E-state index is 12.6. The molecule has 7 nitrogen and oxygen atoms in total. The number of hydrogen-bond donors (Lipinski definition) is 2. The van der Waals surface area contributed by atoms with Gasteiger partial charge < -0.3 is 20.1 Å². The van der Waals surface area contributed by atoms with E-state index in [0.29, 0.717) is 33.3 Å². The van der Waals surface area contributed by atoms with Crippen molar-refractivity contribution in [3.05, 3.63) is 65.5 Å². The number of carbonyl (C=O) groups excluding carboxylic acids is 3. The molecular formula is C24H24N2O5S2. The summed E-state index contributed by atoms with van der Waals surface area (Å²) in [5.74, 6) is -0.123. The number of nitrogens with one attached hydrogen (secondary N) is 2. The fourth-order valence-corrected chi connectivity index (χ4v) is 4.27. The lowest BCUT2D eigenvalue weighted by molar-refractivity contribution is -0.118. The van der Waals surface area contributed by atoms with Crippen molar-refractivity contribution >= 4 is 51.6 Å². The molecule has 0 bridgehead atoms. The third-order valence-corrected chi connectivity index (χ3v) is 5.84. The summed E-state index contributed by atoms with van der Waals surface area (Å²) in [6, 6.07) is 16.2. The van der Waals surface area contributed by atoms with E-state index in [1.54, 1.807) is 31.2 Å². The van der Waals surface area contributed by atoms with Gasteiger partial charge in [-0.25, -0.2) is 4.79 Å². The largest absolute Gasteiger partial charge is 0.484 e. The quantitative estimate of drug-likeness (QED) is 0.397. The van der Waals surface area contributed by atoms with Crippen LogP contribution in [0.15, 0.2) is 60.0 Å².